The largest absolute Gasteiger partial charge is 0.459 e. The molecule has 1 amide bonds. The highest BCUT2D eigenvalue weighted by Crippen LogP contribution is 2.14. The number of nitrogens with one attached hydrogen (secondary N) is 1. The van der Waals surface area contributed by atoms with E-state index in [2.05, 4.69) is 21.2 Å². The molecule has 0 aliphatic rings. The second-order valence-corrected chi connectivity index (χ2v) is 8.04. The molecule has 0 aliphatic heterocycles. The van der Waals surface area contributed by atoms with Gasteiger partial charge in [-0.25, -0.2) is 9.59 Å². The van der Waals surface area contributed by atoms with Gasteiger partial charge in [-0.1, -0.05) is 58.4 Å². The van der Waals surface area contributed by atoms with Crippen molar-refractivity contribution in [1.82, 2.24) is 5.32 Å². The zero-order valence-electron chi connectivity index (χ0n) is 15.7. The van der Waals surface area contributed by atoms with Gasteiger partial charge in [0.05, 0.1) is 0 Å². The van der Waals surface area contributed by atoms with Crippen LogP contribution < -0.4 is 5.32 Å². The number of halogens is 1. The lowest BCUT2D eigenvalue weighted by molar-refractivity contribution is -0.147. The molecule has 2 aromatic carbocycles. The van der Waals surface area contributed by atoms with Crippen molar-refractivity contribution in [2.75, 3.05) is 0 Å². The predicted molar refractivity (Wildman–Crippen MR) is 107 cm³/mol. The van der Waals surface area contributed by atoms with Crippen molar-refractivity contribution in [3.63, 3.8) is 0 Å². The summed E-state index contributed by atoms with van der Waals surface area (Å²) in [5.74, 6) is -0.507. The second kappa shape index (κ2) is 9.55. The first-order valence-corrected chi connectivity index (χ1v) is 9.47. The third-order valence-corrected chi connectivity index (χ3v) is 4.08. The molecule has 0 fully saturated rings. The van der Waals surface area contributed by atoms with Crippen molar-refractivity contribution in [1.29, 1.82) is 0 Å². The molecular formula is C21H24BrNO4. The first kappa shape index (κ1) is 21.0. The zero-order valence-corrected chi connectivity index (χ0v) is 17.3. The Morgan fingerprint density at radius 1 is 1.00 bits per heavy atom. The number of ether oxygens (including phenoxy) is 2. The number of benzene rings is 2. The van der Waals surface area contributed by atoms with E-state index in [4.69, 9.17) is 9.47 Å². The lowest BCUT2D eigenvalue weighted by Gasteiger charge is -2.23. The molecule has 27 heavy (non-hydrogen) atoms. The van der Waals surface area contributed by atoms with Crippen LogP contribution in [0, 0.1) is 0 Å². The van der Waals surface area contributed by atoms with Crippen LogP contribution >= 0.6 is 15.9 Å². The van der Waals surface area contributed by atoms with Crippen molar-refractivity contribution in [2.24, 2.45) is 0 Å². The maximum Gasteiger partial charge on any atom is 0.408 e. The third-order valence-electron chi connectivity index (χ3n) is 3.55. The third kappa shape index (κ3) is 7.83. The van der Waals surface area contributed by atoms with Gasteiger partial charge in [-0.05, 0) is 44.0 Å². The second-order valence-electron chi connectivity index (χ2n) is 7.12. The number of alkyl carbamates (subject to hydrolysis) is 1. The highest BCUT2D eigenvalue weighted by Gasteiger charge is 2.26. The average molecular weight is 434 g/mol. The van der Waals surface area contributed by atoms with Gasteiger partial charge in [-0.3, -0.25) is 0 Å². The Morgan fingerprint density at radius 3 is 2.22 bits per heavy atom. The van der Waals surface area contributed by atoms with Crippen molar-refractivity contribution in [3.05, 3.63) is 70.2 Å². The molecule has 2 rings (SSSR count). The molecule has 1 unspecified atom stereocenters. The van der Waals surface area contributed by atoms with Crippen molar-refractivity contribution < 1.29 is 19.1 Å². The van der Waals surface area contributed by atoms with E-state index in [-0.39, 0.29) is 6.61 Å². The summed E-state index contributed by atoms with van der Waals surface area (Å²) in [5, 5.41) is 2.63. The summed E-state index contributed by atoms with van der Waals surface area (Å²) in [6, 6.07) is 16.1. The molecule has 0 saturated carbocycles. The van der Waals surface area contributed by atoms with Crippen LogP contribution in [-0.2, 0) is 27.3 Å². The molecule has 6 heteroatoms. The Kier molecular flexibility index (Phi) is 7.42. The van der Waals surface area contributed by atoms with Gasteiger partial charge in [-0.2, -0.15) is 0 Å². The molecule has 0 heterocycles. The van der Waals surface area contributed by atoms with Crippen LogP contribution in [-0.4, -0.2) is 23.7 Å². The van der Waals surface area contributed by atoms with Gasteiger partial charge in [0.2, 0.25) is 0 Å². The number of carbonyl (C=O) groups excluding carboxylic acids is 2. The Morgan fingerprint density at radius 2 is 1.63 bits per heavy atom. The molecule has 0 radical (unpaired) electrons. The van der Waals surface area contributed by atoms with Crippen LogP contribution in [0.5, 0.6) is 0 Å². The molecule has 0 bridgehead atoms. The van der Waals surface area contributed by atoms with E-state index in [1.54, 1.807) is 20.8 Å². The van der Waals surface area contributed by atoms with E-state index in [0.29, 0.717) is 6.42 Å². The topological polar surface area (TPSA) is 64.6 Å². The molecule has 2 aromatic rings. The Bertz CT molecular complexity index is 754. The van der Waals surface area contributed by atoms with E-state index in [1.807, 2.05) is 54.6 Å². The predicted octanol–water partition coefficient (Wildman–Crippen LogP) is 4.63. The van der Waals surface area contributed by atoms with Gasteiger partial charge >= 0.3 is 12.1 Å². The number of hydrogen-bond acceptors (Lipinski definition) is 4. The zero-order chi connectivity index (χ0) is 19.9. The van der Waals surface area contributed by atoms with Crippen LogP contribution in [0.4, 0.5) is 4.79 Å². The SMILES string of the molecule is CC(C)(C)OC(=O)NC(Cc1ccc(Br)cc1)C(=O)OCc1ccccc1. The molecule has 1 atom stereocenters. The summed E-state index contributed by atoms with van der Waals surface area (Å²) in [5.41, 5.74) is 1.13. The molecular weight excluding hydrogens is 410 g/mol. The summed E-state index contributed by atoms with van der Waals surface area (Å²) in [4.78, 5) is 24.7. The monoisotopic (exact) mass is 433 g/mol. The molecule has 0 aliphatic carbocycles. The summed E-state index contributed by atoms with van der Waals surface area (Å²) in [6.07, 6.45) is -0.346. The Labute approximate surface area is 168 Å². The number of carbonyl (C=O) groups is 2. The number of amides is 1. The van der Waals surface area contributed by atoms with Crippen molar-refractivity contribution in [3.8, 4) is 0 Å². The summed E-state index contributed by atoms with van der Waals surface area (Å²) in [6.45, 7) is 5.45. The molecule has 1 N–H and O–H groups in total. The lowest BCUT2D eigenvalue weighted by atomic mass is 10.1. The van der Waals surface area contributed by atoms with Gasteiger partial charge in [0.25, 0.3) is 0 Å². The fourth-order valence-corrected chi connectivity index (χ4v) is 2.59. The van der Waals surface area contributed by atoms with Gasteiger partial charge in [0.1, 0.15) is 18.2 Å². The highest BCUT2D eigenvalue weighted by molar-refractivity contribution is 9.10. The minimum absolute atomic E-state index is 0.145. The summed E-state index contributed by atoms with van der Waals surface area (Å²) >= 11 is 3.38. The quantitative estimate of drug-likeness (QED) is 0.674. The molecule has 0 spiro atoms. The lowest BCUT2D eigenvalue weighted by Crippen LogP contribution is -2.45. The van der Waals surface area contributed by atoms with Crippen LogP contribution in [0.25, 0.3) is 0 Å². The maximum atomic E-state index is 12.6. The fourth-order valence-electron chi connectivity index (χ4n) is 2.33. The number of rotatable bonds is 6. The number of hydrogen-bond donors (Lipinski definition) is 1. The molecule has 0 saturated heterocycles. The summed E-state index contributed by atoms with van der Waals surface area (Å²) < 4.78 is 11.6. The first-order valence-electron chi connectivity index (χ1n) is 8.67. The smallest absolute Gasteiger partial charge is 0.408 e. The van der Waals surface area contributed by atoms with Gasteiger partial charge < -0.3 is 14.8 Å². The van der Waals surface area contributed by atoms with Crippen LogP contribution in [0.1, 0.15) is 31.9 Å². The molecule has 0 aromatic heterocycles. The average Bonchev–Trinajstić information content (AvgIpc) is 2.60. The van der Waals surface area contributed by atoms with Crippen LogP contribution in [0.3, 0.4) is 0 Å². The van der Waals surface area contributed by atoms with E-state index in [1.165, 1.54) is 0 Å². The Balaban J connectivity index is 2.06. The fraction of sp³-hybridized carbons (Fsp3) is 0.333. The Hall–Kier alpha value is -2.34. The van der Waals surface area contributed by atoms with Crippen LogP contribution in [0.15, 0.2) is 59.1 Å². The molecule has 144 valence electrons. The van der Waals surface area contributed by atoms with Crippen LogP contribution in [0.2, 0.25) is 0 Å². The van der Waals surface area contributed by atoms with E-state index < -0.39 is 23.7 Å². The first-order chi connectivity index (χ1) is 12.7. The molecule has 5 nitrogen and oxygen atoms in total. The minimum Gasteiger partial charge on any atom is -0.459 e. The van der Waals surface area contributed by atoms with E-state index >= 15 is 0 Å². The number of esters is 1. The highest BCUT2D eigenvalue weighted by atomic mass is 79.9. The summed E-state index contributed by atoms with van der Waals surface area (Å²) in [7, 11) is 0. The van der Waals surface area contributed by atoms with Gasteiger partial charge in [0, 0.05) is 10.9 Å². The van der Waals surface area contributed by atoms with Gasteiger partial charge in [0.15, 0.2) is 0 Å². The van der Waals surface area contributed by atoms with Crippen molar-refractivity contribution >= 4 is 28.0 Å². The van der Waals surface area contributed by atoms with Gasteiger partial charge in [-0.15, -0.1) is 0 Å². The normalized spacial score (nSPS) is 12.1. The maximum absolute atomic E-state index is 12.6. The van der Waals surface area contributed by atoms with E-state index in [0.717, 1.165) is 15.6 Å². The van der Waals surface area contributed by atoms with E-state index in [9.17, 15) is 9.59 Å². The van der Waals surface area contributed by atoms with Crippen molar-refractivity contribution in [2.45, 2.75) is 45.4 Å². The standard InChI is InChI=1S/C21H24BrNO4/c1-21(2,3)27-20(25)23-18(13-15-9-11-17(22)12-10-15)19(24)26-14-16-7-5-4-6-8-16/h4-12,18H,13-14H2,1-3H3,(H,23,25). The minimum atomic E-state index is -0.843.